The first-order valence-electron chi connectivity index (χ1n) is 14.3. The molecule has 1 aliphatic carbocycles. The summed E-state index contributed by atoms with van der Waals surface area (Å²) in [5.74, 6) is -0.803. The molecule has 0 aromatic heterocycles. The summed E-state index contributed by atoms with van der Waals surface area (Å²) in [6.45, 7) is 5.41. The lowest BCUT2D eigenvalue weighted by molar-refractivity contribution is -0.141. The minimum Gasteiger partial charge on any atom is -0.443 e. The number of fused-ring (bicyclic) bond motifs is 1. The number of carbonyl (C=O) groups excluding carboxylic acids is 3. The number of nitrogens with one attached hydrogen (secondary N) is 2. The summed E-state index contributed by atoms with van der Waals surface area (Å²) < 4.78 is 25.5. The summed E-state index contributed by atoms with van der Waals surface area (Å²) in [4.78, 5) is 43.6. The molecule has 1 saturated carbocycles. The second-order valence-corrected chi connectivity index (χ2v) is 11.9. The Hall–Kier alpha value is -2.98. The van der Waals surface area contributed by atoms with Gasteiger partial charge in [0, 0.05) is 12.2 Å². The number of rotatable bonds is 9. The molecular formula is C30H43FN4O5. The van der Waals surface area contributed by atoms with Crippen molar-refractivity contribution in [3.63, 3.8) is 0 Å². The van der Waals surface area contributed by atoms with Gasteiger partial charge in [0.1, 0.15) is 36.5 Å². The molecule has 10 heteroatoms. The van der Waals surface area contributed by atoms with E-state index in [2.05, 4.69) is 10.6 Å². The maximum Gasteiger partial charge on any atom is 0.414 e. The lowest BCUT2D eigenvalue weighted by Gasteiger charge is -2.36. The Morgan fingerprint density at radius 2 is 1.80 bits per heavy atom. The van der Waals surface area contributed by atoms with Gasteiger partial charge in [-0.1, -0.05) is 49.6 Å². The zero-order valence-electron chi connectivity index (χ0n) is 24.0. The van der Waals surface area contributed by atoms with Gasteiger partial charge in [0.15, 0.2) is 0 Å². The number of likely N-dealkylation sites (tertiary alicyclic amines) is 1. The van der Waals surface area contributed by atoms with Crippen LogP contribution in [0.1, 0.15) is 58.4 Å². The van der Waals surface area contributed by atoms with Crippen LogP contribution >= 0.6 is 0 Å². The molecule has 2 aliphatic heterocycles. The van der Waals surface area contributed by atoms with E-state index in [1.54, 1.807) is 9.80 Å². The molecule has 2 fully saturated rings. The zero-order chi connectivity index (χ0) is 28.9. The van der Waals surface area contributed by atoms with Gasteiger partial charge in [-0.25, -0.2) is 9.18 Å². The molecule has 3 amide bonds. The predicted molar refractivity (Wildman–Crippen MR) is 149 cm³/mol. The van der Waals surface area contributed by atoms with Crippen LogP contribution in [0.25, 0.3) is 0 Å². The maximum absolute atomic E-state index is 14.2. The summed E-state index contributed by atoms with van der Waals surface area (Å²) in [6, 6.07) is 7.42. The zero-order valence-corrected chi connectivity index (χ0v) is 24.0. The van der Waals surface area contributed by atoms with E-state index in [-0.39, 0.29) is 24.9 Å². The fourth-order valence-corrected chi connectivity index (χ4v) is 5.84. The van der Waals surface area contributed by atoms with E-state index in [1.807, 2.05) is 57.2 Å². The van der Waals surface area contributed by atoms with Crippen LogP contribution in [0.2, 0.25) is 0 Å². The molecule has 2 N–H and O–H groups in total. The van der Waals surface area contributed by atoms with Crippen molar-refractivity contribution in [2.75, 3.05) is 26.8 Å². The molecule has 4 rings (SSSR count). The maximum atomic E-state index is 14.2. The molecule has 9 nitrogen and oxygen atoms in total. The van der Waals surface area contributed by atoms with Crippen molar-refractivity contribution in [3.8, 4) is 0 Å². The number of ether oxygens (including phenoxy) is 2. The summed E-state index contributed by atoms with van der Waals surface area (Å²) in [7, 11) is 1.52. The highest BCUT2D eigenvalue weighted by Crippen LogP contribution is 2.37. The molecule has 4 unspecified atom stereocenters. The second kappa shape index (κ2) is 13.1. The number of halogens is 1. The molecule has 0 radical (unpaired) electrons. The molecular weight excluding hydrogens is 515 g/mol. The molecule has 40 heavy (non-hydrogen) atoms. The van der Waals surface area contributed by atoms with Crippen LogP contribution in [0.5, 0.6) is 0 Å². The Bertz CT molecular complexity index is 1070. The standard InChI is InChI=1S/C30H43FN4O5/c1-30(2,3)40-29(38)35-18-24(39-19-20-11-7-5-8-12-20)26-23(35)15-16-34(26)28(37)25(21-13-9-6-10-14-21)33-27(36)22(17-31)32-4/h5,7-8,11-12,15,21-22,24-26,32H,6,9-10,13-14,16-19H2,1-4H3,(H,33,36). The summed E-state index contributed by atoms with van der Waals surface area (Å²) >= 11 is 0. The van der Waals surface area contributed by atoms with Crippen molar-refractivity contribution < 1.29 is 28.2 Å². The van der Waals surface area contributed by atoms with Crippen LogP contribution in [0.4, 0.5) is 9.18 Å². The first-order chi connectivity index (χ1) is 19.1. The van der Waals surface area contributed by atoms with Crippen molar-refractivity contribution in [2.45, 2.75) is 89.3 Å². The molecule has 4 atom stereocenters. The molecule has 0 spiro atoms. The van der Waals surface area contributed by atoms with Crippen LogP contribution in [-0.4, -0.2) is 84.3 Å². The Balaban J connectivity index is 1.58. The highest BCUT2D eigenvalue weighted by atomic mass is 19.1. The number of carbonyl (C=O) groups is 3. The topological polar surface area (TPSA) is 100 Å². The SMILES string of the molecule is CNC(CF)C(=O)NC(C(=O)N1CC=C2C1C(OCc1ccccc1)CN2C(=O)OC(C)(C)C)C1CCCCC1. The molecule has 220 valence electrons. The number of alkyl halides is 1. The highest BCUT2D eigenvalue weighted by Gasteiger charge is 2.50. The molecule has 0 bridgehead atoms. The van der Waals surface area contributed by atoms with Crippen molar-refractivity contribution >= 4 is 17.9 Å². The van der Waals surface area contributed by atoms with Crippen LogP contribution in [-0.2, 0) is 25.7 Å². The average molecular weight is 559 g/mol. The van der Waals surface area contributed by atoms with E-state index in [9.17, 15) is 18.8 Å². The minimum absolute atomic E-state index is 0.0431. The van der Waals surface area contributed by atoms with E-state index in [0.717, 1.165) is 37.7 Å². The number of hydrogen-bond donors (Lipinski definition) is 2. The fourth-order valence-electron chi connectivity index (χ4n) is 5.84. The largest absolute Gasteiger partial charge is 0.443 e. The first kappa shape index (κ1) is 30.0. The molecule has 2 heterocycles. The number of amides is 3. The smallest absolute Gasteiger partial charge is 0.414 e. The summed E-state index contributed by atoms with van der Waals surface area (Å²) in [6.07, 6.45) is 5.57. The molecule has 1 aromatic carbocycles. The van der Waals surface area contributed by atoms with Gasteiger partial charge in [-0.2, -0.15) is 0 Å². The molecule has 1 aromatic rings. The Morgan fingerprint density at radius 1 is 1.10 bits per heavy atom. The van der Waals surface area contributed by atoms with Gasteiger partial charge >= 0.3 is 6.09 Å². The van der Waals surface area contributed by atoms with Gasteiger partial charge < -0.3 is 25.0 Å². The van der Waals surface area contributed by atoms with Gasteiger partial charge in [-0.3, -0.25) is 14.5 Å². The third-order valence-corrected chi connectivity index (χ3v) is 7.87. The minimum atomic E-state index is -1.03. The Morgan fingerprint density at radius 3 is 2.42 bits per heavy atom. The fraction of sp³-hybridized carbons (Fsp3) is 0.633. The van der Waals surface area contributed by atoms with Gasteiger partial charge in [0.25, 0.3) is 0 Å². The lowest BCUT2D eigenvalue weighted by Crippen LogP contribution is -2.58. The van der Waals surface area contributed by atoms with E-state index in [0.29, 0.717) is 12.3 Å². The summed E-state index contributed by atoms with van der Waals surface area (Å²) in [5.41, 5.74) is 0.975. The van der Waals surface area contributed by atoms with Crippen molar-refractivity contribution in [1.82, 2.24) is 20.4 Å². The predicted octanol–water partition coefficient (Wildman–Crippen LogP) is 3.54. The van der Waals surface area contributed by atoms with Crippen LogP contribution < -0.4 is 10.6 Å². The van der Waals surface area contributed by atoms with Crippen molar-refractivity contribution in [3.05, 3.63) is 47.7 Å². The highest BCUT2D eigenvalue weighted by molar-refractivity contribution is 5.91. The summed E-state index contributed by atoms with van der Waals surface area (Å²) in [5, 5.41) is 5.56. The molecule has 3 aliphatic rings. The third kappa shape index (κ3) is 7.01. The average Bonchev–Trinajstić information content (AvgIpc) is 3.52. The number of nitrogens with zero attached hydrogens (tertiary/aromatic N) is 2. The van der Waals surface area contributed by atoms with Gasteiger partial charge in [-0.15, -0.1) is 0 Å². The van der Waals surface area contributed by atoms with Gasteiger partial charge in [0.2, 0.25) is 11.8 Å². The monoisotopic (exact) mass is 558 g/mol. The first-order valence-corrected chi connectivity index (χ1v) is 14.3. The normalized spacial score (nSPS) is 22.9. The van der Waals surface area contributed by atoms with Crippen molar-refractivity contribution in [2.24, 2.45) is 5.92 Å². The van der Waals surface area contributed by atoms with Crippen LogP contribution in [0, 0.1) is 5.92 Å². The van der Waals surface area contributed by atoms with E-state index >= 15 is 0 Å². The quantitative estimate of drug-likeness (QED) is 0.481. The van der Waals surface area contributed by atoms with E-state index in [1.165, 1.54) is 7.05 Å². The van der Waals surface area contributed by atoms with Gasteiger partial charge in [0.05, 0.1) is 13.2 Å². The number of benzene rings is 1. The van der Waals surface area contributed by atoms with E-state index in [4.69, 9.17) is 9.47 Å². The van der Waals surface area contributed by atoms with Crippen molar-refractivity contribution in [1.29, 1.82) is 0 Å². The number of likely N-dealkylation sites (N-methyl/N-ethyl adjacent to an activating group) is 1. The Kier molecular flexibility index (Phi) is 9.84. The lowest BCUT2D eigenvalue weighted by atomic mass is 9.83. The third-order valence-electron chi connectivity index (χ3n) is 7.87. The van der Waals surface area contributed by atoms with Crippen LogP contribution in [0.3, 0.4) is 0 Å². The van der Waals surface area contributed by atoms with E-state index < -0.39 is 48.5 Å². The van der Waals surface area contributed by atoms with Gasteiger partial charge in [-0.05, 0) is 58.2 Å². The number of hydrogen-bond acceptors (Lipinski definition) is 6. The molecule has 1 saturated heterocycles. The Labute approximate surface area is 236 Å². The second-order valence-electron chi connectivity index (χ2n) is 11.9. The van der Waals surface area contributed by atoms with Crippen LogP contribution in [0.15, 0.2) is 42.1 Å².